The molecule has 0 aliphatic rings. The van der Waals surface area contributed by atoms with Crippen molar-refractivity contribution >= 4 is 11.8 Å². The number of aliphatic hydroxyl groups excluding tert-OH is 1. The van der Waals surface area contributed by atoms with Crippen molar-refractivity contribution in [2.75, 3.05) is 19.7 Å². The van der Waals surface area contributed by atoms with Crippen molar-refractivity contribution in [2.45, 2.75) is 13.3 Å². The molecule has 1 heterocycles. The monoisotopic (exact) mass is 275 g/mol. The SMILES string of the molecule is CCCNC(=O)CNC(=O)c1ccncc1C#CCO. The van der Waals surface area contributed by atoms with Gasteiger partial charge >= 0.3 is 0 Å². The Balaban J connectivity index is 2.66. The number of rotatable bonds is 5. The van der Waals surface area contributed by atoms with E-state index in [2.05, 4.69) is 27.5 Å². The molecule has 1 aromatic rings. The lowest BCUT2D eigenvalue weighted by Crippen LogP contribution is -2.37. The summed E-state index contributed by atoms with van der Waals surface area (Å²) in [5, 5.41) is 13.8. The Morgan fingerprint density at radius 1 is 1.40 bits per heavy atom. The Bertz CT molecular complexity index is 532. The van der Waals surface area contributed by atoms with E-state index in [-0.39, 0.29) is 19.1 Å². The fourth-order valence-corrected chi connectivity index (χ4v) is 1.41. The number of amides is 2. The molecule has 6 heteroatoms. The molecule has 2 amide bonds. The van der Waals surface area contributed by atoms with E-state index >= 15 is 0 Å². The first-order chi connectivity index (χ1) is 9.69. The van der Waals surface area contributed by atoms with Crippen LogP contribution in [0.4, 0.5) is 0 Å². The van der Waals surface area contributed by atoms with Crippen LogP contribution in [0, 0.1) is 11.8 Å². The topological polar surface area (TPSA) is 91.3 Å². The highest BCUT2D eigenvalue weighted by molar-refractivity contribution is 5.98. The lowest BCUT2D eigenvalue weighted by Gasteiger charge is -2.07. The number of hydrogen-bond acceptors (Lipinski definition) is 4. The second-order valence-corrected chi connectivity index (χ2v) is 3.91. The van der Waals surface area contributed by atoms with Crippen molar-refractivity contribution in [3.05, 3.63) is 29.6 Å². The van der Waals surface area contributed by atoms with Gasteiger partial charge in [-0.1, -0.05) is 18.8 Å². The van der Waals surface area contributed by atoms with Gasteiger partial charge in [0.15, 0.2) is 0 Å². The number of aliphatic hydroxyl groups is 1. The van der Waals surface area contributed by atoms with Crippen LogP contribution in [0.3, 0.4) is 0 Å². The van der Waals surface area contributed by atoms with Gasteiger partial charge in [0.05, 0.1) is 17.7 Å². The first-order valence-electron chi connectivity index (χ1n) is 6.27. The van der Waals surface area contributed by atoms with E-state index in [9.17, 15) is 9.59 Å². The lowest BCUT2D eigenvalue weighted by atomic mass is 10.1. The predicted octanol–water partition coefficient (Wildman–Crippen LogP) is -0.319. The molecule has 20 heavy (non-hydrogen) atoms. The second kappa shape index (κ2) is 8.67. The van der Waals surface area contributed by atoms with E-state index in [1.807, 2.05) is 6.92 Å². The van der Waals surface area contributed by atoms with Crippen LogP contribution in [0.1, 0.15) is 29.3 Å². The van der Waals surface area contributed by atoms with Gasteiger partial charge in [0.1, 0.15) is 6.61 Å². The Hall–Kier alpha value is -2.39. The maximum atomic E-state index is 12.0. The average molecular weight is 275 g/mol. The zero-order valence-corrected chi connectivity index (χ0v) is 11.3. The van der Waals surface area contributed by atoms with Crippen molar-refractivity contribution in [3.63, 3.8) is 0 Å². The first kappa shape index (κ1) is 15.7. The van der Waals surface area contributed by atoms with Gasteiger partial charge in [-0.15, -0.1) is 0 Å². The predicted molar refractivity (Wildman–Crippen MR) is 73.8 cm³/mol. The minimum atomic E-state index is -0.402. The van der Waals surface area contributed by atoms with Crippen LogP contribution in [0.2, 0.25) is 0 Å². The summed E-state index contributed by atoms with van der Waals surface area (Å²) in [4.78, 5) is 27.2. The molecule has 0 atom stereocenters. The van der Waals surface area contributed by atoms with Gasteiger partial charge < -0.3 is 15.7 Å². The third-order valence-electron chi connectivity index (χ3n) is 2.35. The second-order valence-electron chi connectivity index (χ2n) is 3.91. The summed E-state index contributed by atoms with van der Waals surface area (Å²) >= 11 is 0. The molecule has 106 valence electrons. The van der Waals surface area contributed by atoms with E-state index in [4.69, 9.17) is 5.11 Å². The Morgan fingerprint density at radius 2 is 2.20 bits per heavy atom. The van der Waals surface area contributed by atoms with Crippen LogP contribution in [0.5, 0.6) is 0 Å². The number of nitrogens with one attached hydrogen (secondary N) is 2. The van der Waals surface area contributed by atoms with Gasteiger partial charge in [0.2, 0.25) is 5.91 Å². The summed E-state index contributed by atoms with van der Waals surface area (Å²) in [5.74, 6) is 4.46. The standard InChI is InChI=1S/C14H17N3O3/c1-2-6-16-13(19)10-17-14(20)12-5-7-15-9-11(12)4-3-8-18/h5,7,9,18H,2,6,8,10H2,1H3,(H,16,19)(H,17,20). The van der Waals surface area contributed by atoms with Crippen LogP contribution in [0.25, 0.3) is 0 Å². The minimum absolute atomic E-state index is 0.0893. The molecule has 6 nitrogen and oxygen atoms in total. The zero-order chi connectivity index (χ0) is 14.8. The summed E-state index contributed by atoms with van der Waals surface area (Å²) in [7, 11) is 0. The third-order valence-corrected chi connectivity index (χ3v) is 2.35. The molecule has 0 aromatic carbocycles. The molecular formula is C14H17N3O3. The summed E-state index contributed by atoms with van der Waals surface area (Å²) < 4.78 is 0. The molecule has 0 saturated heterocycles. The zero-order valence-electron chi connectivity index (χ0n) is 11.3. The van der Waals surface area contributed by atoms with Crippen molar-refractivity contribution in [2.24, 2.45) is 0 Å². The molecule has 0 saturated carbocycles. The lowest BCUT2D eigenvalue weighted by molar-refractivity contribution is -0.120. The summed E-state index contributed by atoms with van der Waals surface area (Å²) in [6.45, 7) is 2.14. The number of pyridine rings is 1. The van der Waals surface area contributed by atoms with Gasteiger partial charge in [-0.2, -0.15) is 0 Å². The smallest absolute Gasteiger partial charge is 0.253 e. The number of hydrogen-bond donors (Lipinski definition) is 3. The highest BCUT2D eigenvalue weighted by Gasteiger charge is 2.11. The number of carbonyl (C=O) groups is 2. The third kappa shape index (κ3) is 5.08. The van der Waals surface area contributed by atoms with Gasteiger partial charge in [-0.05, 0) is 12.5 Å². The maximum Gasteiger partial charge on any atom is 0.253 e. The highest BCUT2D eigenvalue weighted by Crippen LogP contribution is 2.04. The van der Waals surface area contributed by atoms with Crippen molar-refractivity contribution in [1.82, 2.24) is 15.6 Å². The van der Waals surface area contributed by atoms with E-state index < -0.39 is 5.91 Å². The fourth-order valence-electron chi connectivity index (χ4n) is 1.41. The number of nitrogens with zero attached hydrogens (tertiary/aromatic N) is 1. The maximum absolute atomic E-state index is 12.0. The number of aromatic nitrogens is 1. The molecule has 1 aromatic heterocycles. The first-order valence-corrected chi connectivity index (χ1v) is 6.27. The Labute approximate surface area is 117 Å². The summed E-state index contributed by atoms with van der Waals surface area (Å²) in [5.41, 5.74) is 0.734. The van der Waals surface area contributed by atoms with Crippen LogP contribution in [-0.2, 0) is 4.79 Å². The van der Waals surface area contributed by atoms with E-state index in [0.717, 1.165) is 6.42 Å². The quantitative estimate of drug-likeness (QED) is 0.642. The molecule has 0 radical (unpaired) electrons. The van der Waals surface area contributed by atoms with Crippen molar-refractivity contribution in [1.29, 1.82) is 0 Å². The molecule has 0 bridgehead atoms. The van der Waals surface area contributed by atoms with Crippen molar-refractivity contribution < 1.29 is 14.7 Å². The van der Waals surface area contributed by atoms with E-state index in [1.165, 1.54) is 18.5 Å². The largest absolute Gasteiger partial charge is 0.384 e. The molecule has 0 spiro atoms. The number of carbonyl (C=O) groups excluding carboxylic acids is 2. The Kier molecular flexibility index (Phi) is 6.79. The molecule has 3 N–H and O–H groups in total. The normalized spacial score (nSPS) is 9.30. The average Bonchev–Trinajstić information content (AvgIpc) is 2.48. The molecular weight excluding hydrogens is 258 g/mol. The van der Waals surface area contributed by atoms with Crippen LogP contribution < -0.4 is 10.6 Å². The van der Waals surface area contributed by atoms with Gasteiger partial charge in [0.25, 0.3) is 5.91 Å². The van der Waals surface area contributed by atoms with Gasteiger partial charge in [-0.3, -0.25) is 14.6 Å². The summed E-state index contributed by atoms with van der Waals surface area (Å²) in [6.07, 6.45) is 3.75. The Morgan fingerprint density at radius 3 is 2.90 bits per heavy atom. The molecule has 0 fully saturated rings. The van der Waals surface area contributed by atoms with Crippen LogP contribution in [0.15, 0.2) is 18.5 Å². The summed E-state index contributed by atoms with van der Waals surface area (Å²) in [6, 6.07) is 1.51. The molecule has 0 aliphatic heterocycles. The van der Waals surface area contributed by atoms with Gasteiger partial charge in [-0.25, -0.2) is 0 Å². The highest BCUT2D eigenvalue weighted by atomic mass is 16.2. The fraction of sp³-hybridized carbons (Fsp3) is 0.357. The van der Waals surface area contributed by atoms with E-state index in [0.29, 0.717) is 17.7 Å². The molecule has 0 unspecified atom stereocenters. The molecule has 0 aliphatic carbocycles. The van der Waals surface area contributed by atoms with E-state index in [1.54, 1.807) is 0 Å². The minimum Gasteiger partial charge on any atom is -0.384 e. The van der Waals surface area contributed by atoms with Crippen LogP contribution in [-0.4, -0.2) is 41.6 Å². The molecule has 1 rings (SSSR count). The van der Waals surface area contributed by atoms with Crippen LogP contribution >= 0.6 is 0 Å². The van der Waals surface area contributed by atoms with Gasteiger partial charge in [0, 0.05) is 18.9 Å². The van der Waals surface area contributed by atoms with Crippen molar-refractivity contribution in [3.8, 4) is 11.8 Å².